The van der Waals surface area contributed by atoms with Gasteiger partial charge >= 0.3 is 0 Å². The summed E-state index contributed by atoms with van der Waals surface area (Å²) in [6.45, 7) is 10.4. The maximum atomic E-state index is 5.96. The molecule has 3 heteroatoms. The standard InChI is InChI=1S/C13H26N2O/c1-13(2)12(16-11-10-14(13)3)6-9-15-7-4-5-8-15/h12H,4-11H2,1-3H3. The highest BCUT2D eigenvalue weighted by Gasteiger charge is 2.37. The first-order valence-electron chi connectivity index (χ1n) is 6.66. The average molecular weight is 226 g/mol. The van der Waals surface area contributed by atoms with Gasteiger partial charge in [-0.15, -0.1) is 0 Å². The third-order valence-corrected chi connectivity index (χ3v) is 4.42. The molecule has 0 N–H and O–H groups in total. The van der Waals surface area contributed by atoms with Crippen LogP contribution in [0.25, 0.3) is 0 Å². The third kappa shape index (κ3) is 2.58. The number of hydrogen-bond donors (Lipinski definition) is 0. The van der Waals surface area contributed by atoms with Crippen molar-refractivity contribution in [2.75, 3.05) is 39.8 Å². The molecule has 0 radical (unpaired) electrons. The highest BCUT2D eigenvalue weighted by Crippen LogP contribution is 2.26. The second-order valence-electron chi connectivity index (χ2n) is 5.77. The molecular weight excluding hydrogens is 200 g/mol. The van der Waals surface area contributed by atoms with Gasteiger partial charge in [0.2, 0.25) is 0 Å². The van der Waals surface area contributed by atoms with Gasteiger partial charge in [0.25, 0.3) is 0 Å². The van der Waals surface area contributed by atoms with E-state index < -0.39 is 0 Å². The van der Waals surface area contributed by atoms with E-state index in [1.807, 2.05) is 0 Å². The summed E-state index contributed by atoms with van der Waals surface area (Å²) in [6.07, 6.45) is 4.34. The Balaban J connectivity index is 1.82. The minimum atomic E-state index is 0.192. The maximum absolute atomic E-state index is 5.96. The Morgan fingerprint density at radius 1 is 1.19 bits per heavy atom. The SMILES string of the molecule is CN1CCOC(CCN2CCCC2)C1(C)C. The van der Waals surface area contributed by atoms with Gasteiger partial charge < -0.3 is 9.64 Å². The molecule has 1 atom stereocenters. The van der Waals surface area contributed by atoms with E-state index in [1.54, 1.807) is 0 Å². The number of likely N-dealkylation sites (N-methyl/N-ethyl adjacent to an activating group) is 1. The topological polar surface area (TPSA) is 15.7 Å². The lowest BCUT2D eigenvalue weighted by atomic mass is 9.91. The van der Waals surface area contributed by atoms with Crippen LogP contribution in [-0.2, 0) is 4.74 Å². The van der Waals surface area contributed by atoms with Crippen LogP contribution in [0.15, 0.2) is 0 Å². The lowest BCUT2D eigenvalue weighted by molar-refractivity contribution is -0.107. The molecule has 16 heavy (non-hydrogen) atoms. The molecule has 0 aliphatic carbocycles. The van der Waals surface area contributed by atoms with E-state index in [1.165, 1.54) is 38.9 Å². The molecule has 0 amide bonds. The van der Waals surface area contributed by atoms with Crippen molar-refractivity contribution in [1.82, 2.24) is 9.80 Å². The van der Waals surface area contributed by atoms with E-state index >= 15 is 0 Å². The van der Waals surface area contributed by atoms with Crippen LogP contribution in [0.2, 0.25) is 0 Å². The molecule has 1 unspecified atom stereocenters. The van der Waals surface area contributed by atoms with Gasteiger partial charge in [-0.25, -0.2) is 0 Å². The summed E-state index contributed by atoms with van der Waals surface area (Å²) in [5.41, 5.74) is 0.192. The van der Waals surface area contributed by atoms with E-state index in [9.17, 15) is 0 Å². The Morgan fingerprint density at radius 2 is 1.88 bits per heavy atom. The molecule has 2 aliphatic rings. The Labute approximate surface area is 99.7 Å². The van der Waals surface area contributed by atoms with Gasteiger partial charge in [0.1, 0.15) is 0 Å². The van der Waals surface area contributed by atoms with E-state index in [-0.39, 0.29) is 5.54 Å². The second kappa shape index (κ2) is 5.03. The van der Waals surface area contributed by atoms with Crippen molar-refractivity contribution < 1.29 is 4.74 Å². The molecule has 2 rings (SSSR count). The quantitative estimate of drug-likeness (QED) is 0.727. The van der Waals surface area contributed by atoms with Crippen LogP contribution in [0.4, 0.5) is 0 Å². The molecular formula is C13H26N2O. The summed E-state index contributed by atoms with van der Waals surface area (Å²) < 4.78 is 5.96. The van der Waals surface area contributed by atoms with Crippen molar-refractivity contribution in [3.05, 3.63) is 0 Å². The van der Waals surface area contributed by atoms with Crippen molar-refractivity contribution in [3.63, 3.8) is 0 Å². The first kappa shape index (κ1) is 12.3. The van der Waals surface area contributed by atoms with Crippen LogP contribution < -0.4 is 0 Å². The number of morpholine rings is 1. The first-order valence-corrected chi connectivity index (χ1v) is 6.66. The minimum absolute atomic E-state index is 0.192. The van der Waals surface area contributed by atoms with Crippen LogP contribution in [-0.4, -0.2) is 61.3 Å². The molecule has 2 fully saturated rings. The van der Waals surface area contributed by atoms with E-state index in [2.05, 4.69) is 30.7 Å². The monoisotopic (exact) mass is 226 g/mol. The summed E-state index contributed by atoms with van der Waals surface area (Å²) in [5.74, 6) is 0. The predicted octanol–water partition coefficient (Wildman–Crippen LogP) is 1.58. The number of rotatable bonds is 3. The van der Waals surface area contributed by atoms with Crippen LogP contribution in [0.5, 0.6) is 0 Å². The molecule has 94 valence electrons. The zero-order valence-electron chi connectivity index (χ0n) is 11.0. The van der Waals surface area contributed by atoms with Crippen molar-refractivity contribution in [2.24, 2.45) is 0 Å². The number of hydrogen-bond acceptors (Lipinski definition) is 3. The van der Waals surface area contributed by atoms with Crippen molar-refractivity contribution in [2.45, 2.75) is 44.8 Å². The van der Waals surface area contributed by atoms with Gasteiger partial charge in [-0.2, -0.15) is 0 Å². The summed E-state index contributed by atoms with van der Waals surface area (Å²) in [5, 5.41) is 0. The smallest absolute Gasteiger partial charge is 0.0766 e. The second-order valence-corrected chi connectivity index (χ2v) is 5.77. The lowest BCUT2D eigenvalue weighted by Crippen LogP contribution is -2.57. The molecule has 0 aromatic heterocycles. The van der Waals surface area contributed by atoms with Crippen molar-refractivity contribution in [3.8, 4) is 0 Å². The van der Waals surface area contributed by atoms with Gasteiger partial charge in [0, 0.05) is 18.6 Å². The molecule has 0 spiro atoms. The first-order chi connectivity index (χ1) is 7.60. The zero-order chi connectivity index (χ0) is 11.6. The largest absolute Gasteiger partial charge is 0.375 e. The van der Waals surface area contributed by atoms with E-state index in [4.69, 9.17) is 4.74 Å². The fraction of sp³-hybridized carbons (Fsp3) is 1.00. The Bertz CT molecular complexity index is 224. The van der Waals surface area contributed by atoms with Gasteiger partial charge in [-0.05, 0) is 53.2 Å². The number of likely N-dealkylation sites (tertiary alicyclic amines) is 1. The summed E-state index contributed by atoms with van der Waals surface area (Å²) in [4.78, 5) is 5.01. The zero-order valence-corrected chi connectivity index (χ0v) is 11.0. The van der Waals surface area contributed by atoms with Gasteiger partial charge in [0.15, 0.2) is 0 Å². The number of ether oxygens (including phenoxy) is 1. The third-order valence-electron chi connectivity index (χ3n) is 4.42. The molecule has 3 nitrogen and oxygen atoms in total. The van der Waals surface area contributed by atoms with E-state index in [0.717, 1.165) is 13.2 Å². The van der Waals surface area contributed by atoms with Crippen molar-refractivity contribution >= 4 is 0 Å². The summed E-state index contributed by atoms with van der Waals surface area (Å²) >= 11 is 0. The molecule has 2 aliphatic heterocycles. The Hall–Kier alpha value is -0.120. The molecule has 0 aromatic carbocycles. The lowest BCUT2D eigenvalue weighted by Gasteiger charge is -2.46. The highest BCUT2D eigenvalue weighted by atomic mass is 16.5. The van der Waals surface area contributed by atoms with Crippen LogP contribution in [0.3, 0.4) is 0 Å². The summed E-state index contributed by atoms with van der Waals surface area (Å²) in [7, 11) is 2.21. The van der Waals surface area contributed by atoms with Gasteiger partial charge in [-0.3, -0.25) is 4.90 Å². The fourth-order valence-electron chi connectivity index (χ4n) is 2.81. The number of nitrogens with zero attached hydrogens (tertiary/aromatic N) is 2. The highest BCUT2D eigenvalue weighted by molar-refractivity contribution is 4.91. The average Bonchev–Trinajstić information content (AvgIpc) is 2.73. The van der Waals surface area contributed by atoms with Crippen molar-refractivity contribution in [1.29, 1.82) is 0 Å². The maximum Gasteiger partial charge on any atom is 0.0766 e. The molecule has 0 saturated carbocycles. The molecule has 0 aromatic rings. The Morgan fingerprint density at radius 3 is 2.56 bits per heavy atom. The molecule has 2 saturated heterocycles. The molecule has 2 heterocycles. The van der Waals surface area contributed by atoms with Crippen LogP contribution in [0.1, 0.15) is 33.1 Å². The Kier molecular flexibility index (Phi) is 3.88. The minimum Gasteiger partial charge on any atom is -0.375 e. The predicted molar refractivity (Wildman–Crippen MR) is 66.7 cm³/mol. The summed E-state index contributed by atoms with van der Waals surface area (Å²) in [6, 6.07) is 0. The van der Waals surface area contributed by atoms with Gasteiger partial charge in [-0.1, -0.05) is 0 Å². The van der Waals surface area contributed by atoms with Crippen LogP contribution >= 0.6 is 0 Å². The fourth-order valence-corrected chi connectivity index (χ4v) is 2.81. The van der Waals surface area contributed by atoms with Gasteiger partial charge in [0.05, 0.1) is 12.7 Å². The normalized spacial score (nSPS) is 32.1. The molecule has 0 bridgehead atoms. The van der Waals surface area contributed by atoms with E-state index in [0.29, 0.717) is 6.10 Å². The van der Waals surface area contributed by atoms with Crippen LogP contribution in [0, 0.1) is 0 Å².